The van der Waals surface area contributed by atoms with Gasteiger partial charge in [-0.1, -0.05) is 29.8 Å². The molecule has 4 nitrogen and oxygen atoms in total. The second kappa shape index (κ2) is 7.45. The van der Waals surface area contributed by atoms with Crippen LogP contribution in [0.3, 0.4) is 0 Å². The Morgan fingerprint density at radius 3 is 2.42 bits per heavy atom. The van der Waals surface area contributed by atoms with E-state index in [0.717, 1.165) is 21.1 Å². The van der Waals surface area contributed by atoms with E-state index in [2.05, 4.69) is 60.2 Å². The lowest BCUT2D eigenvalue weighted by Gasteiger charge is -2.32. The first kappa shape index (κ1) is 18.6. The summed E-state index contributed by atoms with van der Waals surface area (Å²) in [4.78, 5) is 20.1. The van der Waals surface area contributed by atoms with Gasteiger partial charge >= 0.3 is 0 Å². The number of aromatic nitrogens is 1. The van der Waals surface area contributed by atoms with Crippen molar-refractivity contribution in [3.63, 3.8) is 0 Å². The zero-order valence-corrected chi connectivity index (χ0v) is 16.3. The molecule has 0 aliphatic carbocycles. The Hall–Kier alpha value is -1.72. The van der Waals surface area contributed by atoms with Gasteiger partial charge in [0.25, 0.3) is 0 Å². The van der Waals surface area contributed by atoms with Crippen molar-refractivity contribution in [2.45, 2.75) is 39.7 Å². The van der Waals surface area contributed by atoms with Crippen LogP contribution in [0, 0.1) is 13.8 Å². The van der Waals surface area contributed by atoms with Crippen LogP contribution in [0.5, 0.6) is 0 Å². The van der Waals surface area contributed by atoms with Crippen molar-refractivity contribution in [3.8, 4) is 11.3 Å². The van der Waals surface area contributed by atoms with E-state index in [-0.39, 0.29) is 11.4 Å². The lowest BCUT2D eigenvalue weighted by Crippen LogP contribution is -2.48. The van der Waals surface area contributed by atoms with Gasteiger partial charge in [0.05, 0.1) is 17.1 Å². The van der Waals surface area contributed by atoms with Crippen molar-refractivity contribution < 1.29 is 4.79 Å². The smallest absolute Gasteiger partial charge is 0.225 e. The number of hydrogen-bond acceptors (Lipinski definition) is 4. The van der Waals surface area contributed by atoms with Crippen molar-refractivity contribution in [2.24, 2.45) is 0 Å². The van der Waals surface area contributed by atoms with Crippen LogP contribution in [0.25, 0.3) is 11.3 Å². The van der Waals surface area contributed by atoms with Gasteiger partial charge < -0.3 is 10.2 Å². The highest BCUT2D eigenvalue weighted by Crippen LogP contribution is 2.28. The maximum atomic E-state index is 12.4. The summed E-state index contributed by atoms with van der Waals surface area (Å²) in [6, 6.07) is 8.29. The molecule has 0 saturated heterocycles. The molecule has 1 amide bonds. The van der Waals surface area contributed by atoms with Crippen molar-refractivity contribution in [1.29, 1.82) is 0 Å². The normalized spacial score (nSPS) is 11.8. The van der Waals surface area contributed by atoms with Crippen molar-refractivity contribution in [3.05, 3.63) is 39.7 Å². The van der Waals surface area contributed by atoms with Gasteiger partial charge in [-0.25, -0.2) is 4.98 Å². The summed E-state index contributed by atoms with van der Waals surface area (Å²) in [6.45, 7) is 8.90. The number of hydrogen-bond donors (Lipinski definition) is 1. The number of aryl methyl sites for hydroxylation is 2. The summed E-state index contributed by atoms with van der Waals surface area (Å²) in [5.41, 5.74) is 3.15. The van der Waals surface area contributed by atoms with Crippen LogP contribution < -0.4 is 5.32 Å². The van der Waals surface area contributed by atoms with Crippen LogP contribution >= 0.6 is 11.3 Å². The third-order valence-corrected chi connectivity index (χ3v) is 5.35. The first-order valence-electron chi connectivity index (χ1n) is 8.16. The van der Waals surface area contributed by atoms with Crippen LogP contribution in [0.15, 0.2) is 24.3 Å². The molecular weight excluding hydrogens is 318 g/mol. The Morgan fingerprint density at radius 1 is 1.21 bits per heavy atom. The van der Waals surface area contributed by atoms with E-state index in [1.54, 1.807) is 11.3 Å². The highest BCUT2D eigenvalue weighted by atomic mass is 32.1. The molecule has 1 heterocycles. The molecule has 0 aliphatic heterocycles. The predicted molar refractivity (Wildman–Crippen MR) is 102 cm³/mol. The summed E-state index contributed by atoms with van der Waals surface area (Å²) >= 11 is 1.60. The van der Waals surface area contributed by atoms with E-state index in [1.807, 2.05) is 21.0 Å². The fraction of sp³-hybridized carbons (Fsp3) is 0.474. The standard InChI is InChI=1S/C19H27N3OS/c1-13-7-9-15(10-8-13)18-16(24-14(2)21-18)11-17(23)20-12-19(3,4)22(5)6/h7-10H,11-12H2,1-6H3,(H,20,23). The molecule has 0 fully saturated rings. The largest absolute Gasteiger partial charge is 0.354 e. The molecule has 0 saturated carbocycles. The number of likely N-dealkylation sites (N-methyl/N-ethyl adjacent to an activating group) is 1. The maximum Gasteiger partial charge on any atom is 0.225 e. The topological polar surface area (TPSA) is 45.2 Å². The van der Waals surface area contributed by atoms with Gasteiger partial charge in [-0.3, -0.25) is 4.79 Å². The van der Waals surface area contributed by atoms with E-state index in [1.165, 1.54) is 5.56 Å². The number of nitrogens with one attached hydrogen (secondary N) is 1. The van der Waals surface area contributed by atoms with Crippen LogP contribution in [0.4, 0.5) is 0 Å². The van der Waals surface area contributed by atoms with Crippen molar-refractivity contribution in [1.82, 2.24) is 15.2 Å². The Morgan fingerprint density at radius 2 is 1.83 bits per heavy atom. The highest BCUT2D eigenvalue weighted by Gasteiger charge is 2.22. The van der Waals surface area contributed by atoms with Gasteiger partial charge in [-0.05, 0) is 41.8 Å². The molecule has 0 bridgehead atoms. The molecule has 24 heavy (non-hydrogen) atoms. The number of amides is 1. The molecule has 0 spiro atoms. The van der Waals surface area contributed by atoms with Gasteiger partial charge in [-0.15, -0.1) is 11.3 Å². The summed E-state index contributed by atoms with van der Waals surface area (Å²) in [7, 11) is 4.04. The number of nitrogens with zero attached hydrogens (tertiary/aromatic N) is 2. The highest BCUT2D eigenvalue weighted by molar-refractivity contribution is 7.12. The zero-order valence-electron chi connectivity index (χ0n) is 15.4. The van der Waals surface area contributed by atoms with Crippen LogP contribution in [0.1, 0.15) is 29.3 Å². The van der Waals surface area contributed by atoms with E-state index in [9.17, 15) is 4.79 Å². The van der Waals surface area contributed by atoms with Gasteiger partial charge in [0.2, 0.25) is 5.91 Å². The summed E-state index contributed by atoms with van der Waals surface area (Å²) in [6.07, 6.45) is 0.373. The van der Waals surface area contributed by atoms with E-state index >= 15 is 0 Å². The van der Waals surface area contributed by atoms with Crippen molar-refractivity contribution >= 4 is 17.2 Å². The molecule has 0 aliphatic rings. The monoisotopic (exact) mass is 345 g/mol. The molecule has 2 rings (SSSR count). The van der Waals surface area contributed by atoms with Gasteiger partial charge in [0.1, 0.15) is 0 Å². The average molecular weight is 346 g/mol. The first-order valence-corrected chi connectivity index (χ1v) is 8.98. The molecule has 0 unspecified atom stereocenters. The fourth-order valence-corrected chi connectivity index (χ4v) is 3.16. The van der Waals surface area contributed by atoms with E-state index in [0.29, 0.717) is 13.0 Å². The molecule has 0 radical (unpaired) electrons. The van der Waals surface area contributed by atoms with Crippen molar-refractivity contribution in [2.75, 3.05) is 20.6 Å². The number of carbonyl (C=O) groups is 1. The quantitative estimate of drug-likeness (QED) is 0.872. The average Bonchev–Trinajstić information content (AvgIpc) is 2.86. The number of benzene rings is 1. The fourth-order valence-electron chi connectivity index (χ4n) is 2.21. The van der Waals surface area contributed by atoms with Gasteiger partial charge in [-0.2, -0.15) is 0 Å². The first-order chi connectivity index (χ1) is 11.2. The number of carbonyl (C=O) groups excluding carboxylic acids is 1. The minimum Gasteiger partial charge on any atom is -0.354 e. The lowest BCUT2D eigenvalue weighted by atomic mass is 10.0. The van der Waals surface area contributed by atoms with Crippen LogP contribution in [-0.2, 0) is 11.2 Å². The second-order valence-electron chi connectivity index (χ2n) is 7.03. The maximum absolute atomic E-state index is 12.4. The predicted octanol–water partition coefficient (Wildman–Crippen LogP) is 3.43. The molecule has 130 valence electrons. The minimum atomic E-state index is -0.0704. The zero-order chi connectivity index (χ0) is 17.9. The Labute approximate surface area is 148 Å². The molecule has 1 aromatic heterocycles. The summed E-state index contributed by atoms with van der Waals surface area (Å²) in [5, 5.41) is 4.04. The number of rotatable bonds is 6. The minimum absolute atomic E-state index is 0.0435. The third-order valence-electron chi connectivity index (χ3n) is 4.38. The Kier molecular flexibility index (Phi) is 5.78. The van der Waals surface area contributed by atoms with E-state index < -0.39 is 0 Å². The molecular formula is C19H27N3OS. The Balaban J connectivity index is 2.10. The molecule has 5 heteroatoms. The van der Waals surface area contributed by atoms with Gasteiger partial charge in [0, 0.05) is 22.5 Å². The summed E-state index contributed by atoms with van der Waals surface area (Å²) in [5.74, 6) is 0.0435. The van der Waals surface area contributed by atoms with E-state index in [4.69, 9.17) is 0 Å². The van der Waals surface area contributed by atoms with Crippen LogP contribution in [-0.4, -0.2) is 42.0 Å². The third kappa shape index (κ3) is 4.65. The lowest BCUT2D eigenvalue weighted by molar-refractivity contribution is -0.120. The molecule has 2 aromatic rings. The SMILES string of the molecule is Cc1ccc(-c2nc(C)sc2CC(=O)NCC(C)(C)N(C)C)cc1. The molecule has 1 aromatic carbocycles. The molecule has 0 atom stereocenters. The summed E-state index contributed by atoms with van der Waals surface area (Å²) < 4.78 is 0. The molecule has 1 N–H and O–H groups in total. The van der Waals surface area contributed by atoms with Gasteiger partial charge in [0.15, 0.2) is 0 Å². The second-order valence-corrected chi connectivity index (χ2v) is 8.32. The Bertz CT molecular complexity index is 702. The number of thiazole rings is 1. The van der Waals surface area contributed by atoms with Crippen LogP contribution in [0.2, 0.25) is 0 Å².